The zero-order chi connectivity index (χ0) is 18.9. The van der Waals surface area contributed by atoms with E-state index < -0.39 is 0 Å². The molecule has 0 radical (unpaired) electrons. The summed E-state index contributed by atoms with van der Waals surface area (Å²) in [6.07, 6.45) is 0.892. The van der Waals surface area contributed by atoms with Crippen molar-refractivity contribution in [1.82, 2.24) is 15.1 Å². The highest BCUT2D eigenvalue weighted by atomic mass is 35.5. The van der Waals surface area contributed by atoms with Crippen molar-refractivity contribution >= 4 is 17.3 Å². The number of halogens is 1. The smallest absolute Gasteiger partial charge is 0.257 e. The van der Waals surface area contributed by atoms with Crippen LogP contribution in [0.25, 0.3) is 0 Å². The third-order valence-corrected chi connectivity index (χ3v) is 3.87. The van der Waals surface area contributed by atoms with Crippen LogP contribution < -0.4 is 19.5 Å². The van der Waals surface area contributed by atoms with E-state index in [0.717, 1.165) is 30.0 Å². The number of nitrogens with zero attached hydrogens (tertiary/aromatic N) is 3. The zero-order valence-electron chi connectivity index (χ0n) is 15.6. The van der Waals surface area contributed by atoms with E-state index in [2.05, 4.69) is 20.4 Å². The van der Waals surface area contributed by atoms with Crippen LogP contribution in [0.5, 0.6) is 17.4 Å². The summed E-state index contributed by atoms with van der Waals surface area (Å²) in [4.78, 5) is 2.10. The molecule has 0 spiro atoms. The molecule has 0 fully saturated rings. The predicted molar refractivity (Wildman–Crippen MR) is 103 cm³/mol. The van der Waals surface area contributed by atoms with Crippen LogP contribution in [0.3, 0.4) is 0 Å². The molecular formula is C18H25ClN4O3. The number of benzene rings is 1. The monoisotopic (exact) mass is 380 g/mol. The van der Waals surface area contributed by atoms with E-state index in [1.165, 1.54) is 0 Å². The van der Waals surface area contributed by atoms with Gasteiger partial charge in [0.05, 0.1) is 20.8 Å². The minimum Gasteiger partial charge on any atom is -0.497 e. The fraction of sp³-hybridized carbons (Fsp3) is 0.444. The lowest BCUT2D eigenvalue weighted by Gasteiger charge is -2.15. The van der Waals surface area contributed by atoms with Gasteiger partial charge in [-0.2, -0.15) is 0 Å². The van der Waals surface area contributed by atoms with Gasteiger partial charge in [0.25, 0.3) is 5.88 Å². The minimum absolute atomic E-state index is 0.301. The Morgan fingerprint density at radius 1 is 1.12 bits per heavy atom. The fourth-order valence-corrected chi connectivity index (χ4v) is 2.47. The number of hydrogen-bond acceptors (Lipinski definition) is 7. The van der Waals surface area contributed by atoms with Crippen LogP contribution in [-0.2, 0) is 6.54 Å². The Kier molecular flexibility index (Phi) is 7.74. The van der Waals surface area contributed by atoms with E-state index in [1.54, 1.807) is 20.3 Å². The lowest BCUT2D eigenvalue weighted by molar-refractivity contribution is 0.272. The third kappa shape index (κ3) is 5.93. The Hall–Kier alpha value is -2.25. The van der Waals surface area contributed by atoms with Crippen molar-refractivity contribution in [3.8, 4) is 17.4 Å². The van der Waals surface area contributed by atoms with Crippen molar-refractivity contribution in [1.29, 1.82) is 0 Å². The summed E-state index contributed by atoms with van der Waals surface area (Å²) in [5.41, 5.74) is 1.66. The number of methoxy groups -OCH3 is 2. The van der Waals surface area contributed by atoms with Gasteiger partial charge >= 0.3 is 0 Å². The van der Waals surface area contributed by atoms with Crippen LogP contribution in [0.15, 0.2) is 24.3 Å². The highest BCUT2D eigenvalue weighted by Crippen LogP contribution is 2.28. The zero-order valence-corrected chi connectivity index (χ0v) is 16.3. The first-order valence-corrected chi connectivity index (χ1v) is 8.66. The Morgan fingerprint density at radius 2 is 1.92 bits per heavy atom. The van der Waals surface area contributed by atoms with Crippen molar-refractivity contribution < 1.29 is 14.2 Å². The van der Waals surface area contributed by atoms with Crippen LogP contribution in [0, 0.1) is 0 Å². The van der Waals surface area contributed by atoms with E-state index in [0.29, 0.717) is 29.9 Å². The van der Waals surface area contributed by atoms with Gasteiger partial charge in [-0.1, -0.05) is 11.6 Å². The van der Waals surface area contributed by atoms with Crippen molar-refractivity contribution in [2.75, 3.05) is 46.8 Å². The van der Waals surface area contributed by atoms with E-state index in [1.807, 2.05) is 32.3 Å². The minimum atomic E-state index is 0.301. The normalized spacial score (nSPS) is 10.7. The quantitative estimate of drug-likeness (QED) is 0.635. The molecule has 142 valence electrons. The van der Waals surface area contributed by atoms with Gasteiger partial charge in [0.2, 0.25) is 0 Å². The number of rotatable bonds is 10. The molecule has 26 heavy (non-hydrogen) atoms. The van der Waals surface area contributed by atoms with Crippen LogP contribution in [0.4, 0.5) is 5.69 Å². The second kappa shape index (κ2) is 10.0. The molecule has 0 atom stereocenters. The SMILES string of the molecule is COc1ccc(CNc2cc(Cl)nnc2OCCCN(C)C)c(OC)c1. The second-order valence-electron chi connectivity index (χ2n) is 5.92. The summed E-state index contributed by atoms with van der Waals surface area (Å²) < 4.78 is 16.4. The van der Waals surface area contributed by atoms with Gasteiger partial charge in [0, 0.05) is 30.8 Å². The predicted octanol–water partition coefficient (Wildman–Crippen LogP) is 3.09. The van der Waals surface area contributed by atoms with Crippen molar-refractivity contribution in [2.24, 2.45) is 0 Å². The maximum atomic E-state index is 5.98. The van der Waals surface area contributed by atoms with E-state index in [-0.39, 0.29) is 0 Å². The Bertz CT molecular complexity index is 713. The molecule has 0 unspecified atom stereocenters. The molecule has 0 saturated carbocycles. The van der Waals surface area contributed by atoms with Gasteiger partial charge in [-0.15, -0.1) is 10.2 Å². The number of nitrogens with one attached hydrogen (secondary N) is 1. The summed E-state index contributed by atoms with van der Waals surface area (Å²) in [6, 6.07) is 7.37. The molecule has 0 aliphatic rings. The molecular weight excluding hydrogens is 356 g/mol. The van der Waals surface area contributed by atoms with Gasteiger partial charge in [-0.25, -0.2) is 0 Å². The number of ether oxygens (including phenoxy) is 3. The lowest BCUT2D eigenvalue weighted by Crippen LogP contribution is -2.16. The standard InChI is InChI=1S/C18H25ClN4O3/c1-23(2)8-5-9-26-18-15(11-17(19)21-22-18)20-12-13-6-7-14(24-3)10-16(13)25-4/h6-7,10-11H,5,8-9,12H2,1-4H3,(H,20,21). The molecule has 0 amide bonds. The van der Waals surface area contributed by atoms with Crippen molar-refractivity contribution in [3.63, 3.8) is 0 Å². The summed E-state index contributed by atoms with van der Waals surface area (Å²) in [6.45, 7) is 2.01. The molecule has 1 heterocycles. The molecule has 1 aromatic carbocycles. The topological polar surface area (TPSA) is 68.7 Å². The Balaban J connectivity index is 2.05. The van der Waals surface area contributed by atoms with Crippen LogP contribution >= 0.6 is 11.6 Å². The van der Waals surface area contributed by atoms with Gasteiger partial charge in [-0.05, 0) is 32.6 Å². The average Bonchev–Trinajstić information content (AvgIpc) is 2.64. The number of anilines is 1. The number of hydrogen-bond donors (Lipinski definition) is 1. The summed E-state index contributed by atoms with van der Waals surface area (Å²) >= 11 is 5.98. The summed E-state index contributed by atoms with van der Waals surface area (Å²) in [5, 5.41) is 11.5. The molecule has 0 aliphatic heterocycles. The maximum absolute atomic E-state index is 5.98. The van der Waals surface area contributed by atoms with Gasteiger partial charge in [0.15, 0.2) is 5.15 Å². The molecule has 2 aromatic rings. The van der Waals surface area contributed by atoms with Crippen molar-refractivity contribution in [3.05, 3.63) is 35.0 Å². The third-order valence-electron chi connectivity index (χ3n) is 3.68. The molecule has 2 rings (SSSR count). The Labute approximate surface area is 159 Å². The van der Waals surface area contributed by atoms with Gasteiger partial charge in [0.1, 0.15) is 17.2 Å². The summed E-state index contributed by atoms with van der Waals surface area (Å²) in [7, 11) is 7.30. The van der Waals surface area contributed by atoms with Gasteiger partial charge < -0.3 is 24.4 Å². The van der Waals surface area contributed by atoms with Crippen molar-refractivity contribution in [2.45, 2.75) is 13.0 Å². The largest absolute Gasteiger partial charge is 0.497 e. The number of aromatic nitrogens is 2. The van der Waals surface area contributed by atoms with E-state index in [9.17, 15) is 0 Å². The lowest BCUT2D eigenvalue weighted by atomic mass is 10.2. The molecule has 0 saturated heterocycles. The Morgan fingerprint density at radius 3 is 2.62 bits per heavy atom. The second-order valence-corrected chi connectivity index (χ2v) is 6.31. The first kappa shape index (κ1) is 20.1. The van der Waals surface area contributed by atoms with Gasteiger partial charge in [-0.3, -0.25) is 0 Å². The molecule has 0 bridgehead atoms. The molecule has 1 aromatic heterocycles. The summed E-state index contributed by atoms with van der Waals surface area (Å²) in [5.74, 6) is 1.91. The highest BCUT2D eigenvalue weighted by Gasteiger charge is 2.10. The molecule has 1 N–H and O–H groups in total. The highest BCUT2D eigenvalue weighted by molar-refractivity contribution is 6.29. The maximum Gasteiger partial charge on any atom is 0.257 e. The van der Waals surface area contributed by atoms with E-state index in [4.69, 9.17) is 25.8 Å². The molecule has 8 heteroatoms. The molecule has 7 nitrogen and oxygen atoms in total. The first-order valence-electron chi connectivity index (χ1n) is 8.29. The molecule has 0 aliphatic carbocycles. The first-order chi connectivity index (χ1) is 12.5. The van der Waals surface area contributed by atoms with E-state index >= 15 is 0 Å². The van der Waals surface area contributed by atoms with Crippen LogP contribution in [0.2, 0.25) is 5.15 Å². The average molecular weight is 381 g/mol. The fourth-order valence-electron chi connectivity index (χ4n) is 2.33. The van der Waals surface area contributed by atoms with Crippen LogP contribution in [0.1, 0.15) is 12.0 Å². The van der Waals surface area contributed by atoms with Crippen LogP contribution in [-0.4, -0.2) is 56.6 Å².